The van der Waals surface area contributed by atoms with Crippen molar-refractivity contribution in [1.82, 2.24) is 10.3 Å². The van der Waals surface area contributed by atoms with E-state index in [1.165, 1.54) is 11.3 Å². The molecule has 1 aromatic rings. The van der Waals surface area contributed by atoms with Gasteiger partial charge < -0.3 is 5.32 Å². The minimum Gasteiger partial charge on any atom is -0.353 e. The lowest BCUT2D eigenvalue weighted by Gasteiger charge is -1.99. The van der Waals surface area contributed by atoms with Crippen LogP contribution in [0.1, 0.15) is 23.5 Å². The lowest BCUT2D eigenvalue weighted by molar-refractivity contribution is -0.120. The molecule has 1 heterocycles. The lowest BCUT2D eigenvalue weighted by Crippen LogP contribution is -2.26. The van der Waals surface area contributed by atoms with E-state index >= 15 is 0 Å². The van der Waals surface area contributed by atoms with Crippen LogP contribution in [0.15, 0.2) is 5.38 Å². The fourth-order valence-corrected chi connectivity index (χ4v) is 2.16. The Morgan fingerprint density at radius 3 is 3.07 bits per heavy atom. The zero-order valence-corrected chi connectivity index (χ0v) is 9.20. The summed E-state index contributed by atoms with van der Waals surface area (Å²) < 4.78 is 0. The Morgan fingerprint density at radius 2 is 2.50 bits per heavy atom. The first-order valence-electron chi connectivity index (χ1n) is 4.56. The molecule has 0 bridgehead atoms. The van der Waals surface area contributed by atoms with Gasteiger partial charge in [-0.05, 0) is 12.8 Å². The highest BCUT2D eigenvalue weighted by Gasteiger charge is 2.23. The number of hydrogen-bond donors (Lipinski definition) is 1. The van der Waals surface area contributed by atoms with E-state index in [0.29, 0.717) is 18.3 Å². The maximum atomic E-state index is 11.4. The first-order chi connectivity index (χ1) is 6.78. The molecular weight excluding hydrogens is 220 g/mol. The SMILES string of the molecule is O=C(Cc1nc(CCl)cs1)NC1CC1. The van der Waals surface area contributed by atoms with Gasteiger partial charge in [-0.3, -0.25) is 4.79 Å². The van der Waals surface area contributed by atoms with Crippen molar-refractivity contribution in [3.8, 4) is 0 Å². The van der Waals surface area contributed by atoms with Gasteiger partial charge in [0.1, 0.15) is 5.01 Å². The summed E-state index contributed by atoms with van der Waals surface area (Å²) in [4.78, 5) is 15.6. The van der Waals surface area contributed by atoms with Crippen molar-refractivity contribution in [2.24, 2.45) is 0 Å². The van der Waals surface area contributed by atoms with Gasteiger partial charge in [0, 0.05) is 11.4 Å². The molecule has 0 saturated heterocycles. The van der Waals surface area contributed by atoms with Crippen LogP contribution in [0.25, 0.3) is 0 Å². The van der Waals surface area contributed by atoms with E-state index < -0.39 is 0 Å². The molecule has 1 aliphatic rings. The number of carbonyl (C=O) groups excluding carboxylic acids is 1. The molecule has 1 aromatic heterocycles. The molecule has 1 saturated carbocycles. The van der Waals surface area contributed by atoms with E-state index in [1.807, 2.05) is 5.38 Å². The highest BCUT2D eigenvalue weighted by molar-refractivity contribution is 7.09. The highest BCUT2D eigenvalue weighted by atomic mass is 35.5. The normalized spacial score (nSPS) is 15.5. The first kappa shape index (κ1) is 9.93. The second kappa shape index (κ2) is 4.28. The summed E-state index contributed by atoms with van der Waals surface area (Å²) in [6.07, 6.45) is 2.63. The summed E-state index contributed by atoms with van der Waals surface area (Å²) in [5, 5.41) is 5.67. The molecule has 1 amide bonds. The maximum absolute atomic E-state index is 11.4. The van der Waals surface area contributed by atoms with Crippen LogP contribution >= 0.6 is 22.9 Å². The molecule has 1 fully saturated rings. The van der Waals surface area contributed by atoms with Gasteiger partial charge in [0.2, 0.25) is 5.91 Å². The Kier molecular flexibility index (Phi) is 3.03. The van der Waals surface area contributed by atoms with Crippen molar-refractivity contribution in [3.05, 3.63) is 16.1 Å². The molecule has 0 aliphatic heterocycles. The third-order valence-corrected chi connectivity index (χ3v) is 3.16. The van der Waals surface area contributed by atoms with Crippen LogP contribution in [-0.4, -0.2) is 16.9 Å². The molecular formula is C9H11ClN2OS. The number of alkyl halides is 1. The predicted molar refractivity (Wildman–Crippen MR) is 56.5 cm³/mol. The van der Waals surface area contributed by atoms with Crippen LogP contribution in [0, 0.1) is 0 Å². The Balaban J connectivity index is 1.85. The lowest BCUT2D eigenvalue weighted by atomic mass is 10.4. The summed E-state index contributed by atoms with van der Waals surface area (Å²) >= 11 is 7.11. The van der Waals surface area contributed by atoms with E-state index in [1.54, 1.807) is 0 Å². The average molecular weight is 231 g/mol. The molecule has 0 aromatic carbocycles. The summed E-state index contributed by atoms with van der Waals surface area (Å²) in [5.41, 5.74) is 0.853. The summed E-state index contributed by atoms with van der Waals surface area (Å²) in [5.74, 6) is 0.490. The minimum atomic E-state index is 0.0722. The van der Waals surface area contributed by atoms with Gasteiger partial charge in [0.05, 0.1) is 18.0 Å². The number of thiazole rings is 1. The summed E-state index contributed by atoms with van der Waals surface area (Å²) in [6.45, 7) is 0. The molecule has 0 spiro atoms. The van der Waals surface area contributed by atoms with Gasteiger partial charge in [-0.15, -0.1) is 22.9 Å². The van der Waals surface area contributed by atoms with Crippen molar-refractivity contribution < 1.29 is 4.79 Å². The number of hydrogen-bond acceptors (Lipinski definition) is 3. The second-order valence-electron chi connectivity index (χ2n) is 3.38. The zero-order chi connectivity index (χ0) is 9.97. The fraction of sp³-hybridized carbons (Fsp3) is 0.556. The Bertz CT molecular complexity index is 335. The van der Waals surface area contributed by atoms with Gasteiger partial charge in [-0.25, -0.2) is 4.98 Å². The van der Waals surface area contributed by atoms with Crippen molar-refractivity contribution in [2.75, 3.05) is 0 Å². The molecule has 1 aliphatic carbocycles. The Morgan fingerprint density at radius 1 is 1.71 bits per heavy atom. The minimum absolute atomic E-state index is 0.0722. The number of halogens is 1. The van der Waals surface area contributed by atoms with E-state index in [4.69, 9.17) is 11.6 Å². The number of aromatic nitrogens is 1. The molecule has 14 heavy (non-hydrogen) atoms. The van der Waals surface area contributed by atoms with E-state index in [9.17, 15) is 4.79 Å². The molecule has 1 N–H and O–H groups in total. The van der Waals surface area contributed by atoms with Crippen LogP contribution in [0.2, 0.25) is 0 Å². The molecule has 5 heteroatoms. The van der Waals surface area contributed by atoms with Gasteiger partial charge in [-0.1, -0.05) is 0 Å². The number of nitrogens with zero attached hydrogens (tertiary/aromatic N) is 1. The number of amides is 1. The Hall–Kier alpha value is -0.610. The molecule has 76 valence electrons. The van der Waals surface area contributed by atoms with Crippen LogP contribution in [-0.2, 0) is 17.1 Å². The quantitative estimate of drug-likeness (QED) is 0.801. The third-order valence-electron chi connectivity index (χ3n) is 1.99. The largest absolute Gasteiger partial charge is 0.353 e. The highest BCUT2D eigenvalue weighted by Crippen LogP contribution is 2.19. The van der Waals surface area contributed by atoms with Crippen molar-refractivity contribution >= 4 is 28.8 Å². The predicted octanol–water partition coefficient (Wildman–Crippen LogP) is 1.70. The topological polar surface area (TPSA) is 42.0 Å². The third kappa shape index (κ3) is 2.69. The fourth-order valence-electron chi connectivity index (χ4n) is 1.14. The summed E-state index contributed by atoms with van der Waals surface area (Å²) in [6, 6.07) is 0.426. The van der Waals surface area contributed by atoms with Crippen molar-refractivity contribution in [1.29, 1.82) is 0 Å². The van der Waals surface area contributed by atoms with Gasteiger partial charge in [-0.2, -0.15) is 0 Å². The standard InChI is InChI=1S/C9H11ClN2OS/c10-4-7-5-14-9(12-7)3-8(13)11-6-1-2-6/h5-6H,1-4H2,(H,11,13). The van der Waals surface area contributed by atoms with E-state index in [0.717, 1.165) is 23.5 Å². The first-order valence-corrected chi connectivity index (χ1v) is 5.98. The second-order valence-corrected chi connectivity index (χ2v) is 4.59. The van der Waals surface area contributed by atoms with Crippen molar-refractivity contribution in [3.63, 3.8) is 0 Å². The van der Waals surface area contributed by atoms with Gasteiger partial charge in [0.15, 0.2) is 0 Å². The number of rotatable bonds is 4. The number of nitrogens with one attached hydrogen (secondary N) is 1. The zero-order valence-electron chi connectivity index (χ0n) is 7.62. The smallest absolute Gasteiger partial charge is 0.227 e. The van der Waals surface area contributed by atoms with Crippen molar-refractivity contribution in [2.45, 2.75) is 31.2 Å². The maximum Gasteiger partial charge on any atom is 0.227 e. The molecule has 0 atom stereocenters. The van der Waals surface area contributed by atoms with Gasteiger partial charge in [0.25, 0.3) is 0 Å². The molecule has 0 radical (unpaired) electrons. The monoisotopic (exact) mass is 230 g/mol. The number of carbonyl (C=O) groups is 1. The van der Waals surface area contributed by atoms with Gasteiger partial charge >= 0.3 is 0 Å². The van der Waals surface area contributed by atoms with Crippen LogP contribution in [0.5, 0.6) is 0 Å². The summed E-state index contributed by atoms with van der Waals surface area (Å²) in [7, 11) is 0. The van der Waals surface area contributed by atoms with Crippen LogP contribution in [0.3, 0.4) is 0 Å². The Labute approximate surface area is 91.5 Å². The van der Waals surface area contributed by atoms with E-state index in [-0.39, 0.29) is 5.91 Å². The van der Waals surface area contributed by atoms with Crippen LogP contribution in [0.4, 0.5) is 0 Å². The van der Waals surface area contributed by atoms with E-state index in [2.05, 4.69) is 10.3 Å². The van der Waals surface area contributed by atoms with Crippen LogP contribution < -0.4 is 5.32 Å². The average Bonchev–Trinajstić information content (AvgIpc) is 2.83. The molecule has 2 rings (SSSR count). The molecule has 3 nitrogen and oxygen atoms in total. The molecule has 0 unspecified atom stereocenters.